The van der Waals surface area contributed by atoms with Gasteiger partial charge in [0.15, 0.2) is 5.69 Å². The Morgan fingerprint density at radius 1 is 1.43 bits per heavy atom. The van der Waals surface area contributed by atoms with E-state index in [0.29, 0.717) is 18.2 Å². The highest BCUT2D eigenvalue weighted by atomic mass is 16.4. The molecular weight excluding hydrogens is 268 g/mol. The van der Waals surface area contributed by atoms with Gasteiger partial charge in [0, 0.05) is 19.0 Å². The molecule has 3 N–H and O–H groups in total. The Morgan fingerprint density at radius 2 is 2.24 bits per heavy atom. The molecule has 1 aliphatic rings. The number of nitrogens with zero attached hydrogens (tertiary/aromatic N) is 3. The first-order valence-corrected chi connectivity index (χ1v) is 7.14. The van der Waals surface area contributed by atoms with E-state index in [1.165, 1.54) is 11.1 Å². The lowest BCUT2D eigenvalue weighted by atomic mass is 9.83. The van der Waals surface area contributed by atoms with Crippen LogP contribution < -0.4 is 5.73 Å². The molecule has 1 heterocycles. The van der Waals surface area contributed by atoms with Crippen LogP contribution in [0.25, 0.3) is 0 Å². The van der Waals surface area contributed by atoms with E-state index in [4.69, 9.17) is 10.8 Å². The monoisotopic (exact) mass is 286 g/mol. The van der Waals surface area contributed by atoms with Gasteiger partial charge in [-0.3, -0.25) is 0 Å². The largest absolute Gasteiger partial charge is 0.476 e. The second kappa shape index (κ2) is 5.65. The highest BCUT2D eigenvalue weighted by Gasteiger charge is 2.24. The Hall–Kier alpha value is -2.21. The highest BCUT2D eigenvalue weighted by Crippen LogP contribution is 2.32. The van der Waals surface area contributed by atoms with Gasteiger partial charge < -0.3 is 10.8 Å². The molecule has 21 heavy (non-hydrogen) atoms. The van der Waals surface area contributed by atoms with E-state index < -0.39 is 5.97 Å². The van der Waals surface area contributed by atoms with Gasteiger partial charge in [-0.1, -0.05) is 29.5 Å². The minimum Gasteiger partial charge on any atom is -0.476 e. The summed E-state index contributed by atoms with van der Waals surface area (Å²) in [4.78, 5) is 11.1. The van der Waals surface area contributed by atoms with E-state index in [9.17, 15) is 4.79 Å². The van der Waals surface area contributed by atoms with Crippen LogP contribution in [0.1, 0.15) is 46.1 Å². The predicted molar refractivity (Wildman–Crippen MR) is 77.0 cm³/mol. The number of nitrogens with two attached hydrogens (primary N) is 1. The van der Waals surface area contributed by atoms with E-state index in [1.54, 1.807) is 4.68 Å². The molecule has 110 valence electrons. The van der Waals surface area contributed by atoms with E-state index >= 15 is 0 Å². The van der Waals surface area contributed by atoms with E-state index in [-0.39, 0.29) is 12.2 Å². The van der Waals surface area contributed by atoms with Crippen LogP contribution in [-0.2, 0) is 19.5 Å². The van der Waals surface area contributed by atoms with Crippen LogP contribution in [0.3, 0.4) is 0 Å². The zero-order valence-electron chi connectivity index (χ0n) is 11.7. The number of aryl methyl sites for hydroxylation is 1. The van der Waals surface area contributed by atoms with Gasteiger partial charge in [-0.25, -0.2) is 9.48 Å². The van der Waals surface area contributed by atoms with Gasteiger partial charge >= 0.3 is 5.97 Å². The maximum Gasteiger partial charge on any atom is 0.358 e. The molecule has 0 spiro atoms. The molecule has 0 radical (unpaired) electrons. The van der Waals surface area contributed by atoms with Gasteiger partial charge in [-0.2, -0.15) is 0 Å². The van der Waals surface area contributed by atoms with Crippen molar-refractivity contribution < 1.29 is 9.90 Å². The number of hydrogen-bond acceptors (Lipinski definition) is 4. The van der Waals surface area contributed by atoms with Crippen molar-refractivity contribution >= 4 is 5.97 Å². The van der Waals surface area contributed by atoms with E-state index in [1.807, 2.05) is 6.07 Å². The smallest absolute Gasteiger partial charge is 0.358 e. The number of benzene rings is 1. The summed E-state index contributed by atoms with van der Waals surface area (Å²) in [5.74, 6) is -0.741. The topological polar surface area (TPSA) is 94.0 Å². The van der Waals surface area contributed by atoms with Crippen LogP contribution in [0.4, 0.5) is 0 Å². The number of carboxylic acids is 1. The van der Waals surface area contributed by atoms with Crippen LogP contribution in [0.2, 0.25) is 0 Å². The Kier molecular flexibility index (Phi) is 3.70. The van der Waals surface area contributed by atoms with Crippen molar-refractivity contribution in [2.24, 2.45) is 5.73 Å². The summed E-state index contributed by atoms with van der Waals surface area (Å²) >= 11 is 0. The van der Waals surface area contributed by atoms with Crippen molar-refractivity contribution in [3.63, 3.8) is 0 Å². The van der Waals surface area contributed by atoms with E-state index in [2.05, 4.69) is 28.5 Å². The number of aromatic carboxylic acids is 1. The minimum absolute atomic E-state index is 0.0402. The van der Waals surface area contributed by atoms with Crippen LogP contribution in [0.15, 0.2) is 24.3 Å². The summed E-state index contributed by atoms with van der Waals surface area (Å²) in [7, 11) is 0. The first-order chi connectivity index (χ1) is 10.2. The second-order valence-corrected chi connectivity index (χ2v) is 5.36. The fourth-order valence-corrected chi connectivity index (χ4v) is 3.10. The van der Waals surface area contributed by atoms with Crippen LogP contribution in [0.5, 0.6) is 0 Å². The fourth-order valence-electron chi connectivity index (χ4n) is 3.10. The zero-order chi connectivity index (χ0) is 14.8. The molecular formula is C15H18N4O2. The van der Waals surface area contributed by atoms with Crippen molar-refractivity contribution in [1.29, 1.82) is 0 Å². The van der Waals surface area contributed by atoms with Gasteiger partial charge in [0.25, 0.3) is 0 Å². The third-order valence-electron chi connectivity index (χ3n) is 4.12. The molecule has 6 heteroatoms. The molecule has 1 aromatic carbocycles. The molecule has 0 fully saturated rings. The van der Waals surface area contributed by atoms with Gasteiger partial charge in [0.05, 0.1) is 5.69 Å². The van der Waals surface area contributed by atoms with Crippen molar-refractivity contribution in [1.82, 2.24) is 15.0 Å². The number of fused-ring (bicyclic) bond motifs is 1. The summed E-state index contributed by atoms with van der Waals surface area (Å²) in [5.41, 5.74) is 8.83. The van der Waals surface area contributed by atoms with Crippen LogP contribution in [-0.4, -0.2) is 26.1 Å². The first kappa shape index (κ1) is 13.8. The predicted octanol–water partition coefficient (Wildman–Crippen LogP) is 1.56. The molecule has 6 nitrogen and oxygen atoms in total. The van der Waals surface area contributed by atoms with Crippen molar-refractivity contribution in [2.75, 3.05) is 0 Å². The third kappa shape index (κ3) is 2.54. The molecule has 0 saturated heterocycles. The molecule has 0 aliphatic heterocycles. The molecule has 1 aromatic heterocycles. The third-order valence-corrected chi connectivity index (χ3v) is 4.12. The Balaban J connectivity index is 1.90. The molecule has 0 bridgehead atoms. The lowest BCUT2D eigenvalue weighted by Crippen LogP contribution is -2.19. The lowest BCUT2D eigenvalue weighted by Gasteiger charge is -2.25. The molecule has 0 saturated carbocycles. The number of aromatic nitrogens is 3. The van der Waals surface area contributed by atoms with Gasteiger partial charge in [0.2, 0.25) is 0 Å². The minimum atomic E-state index is -1.08. The normalized spacial score (nSPS) is 17.5. The summed E-state index contributed by atoms with van der Waals surface area (Å²) in [6.07, 6.45) is 3.32. The quantitative estimate of drug-likeness (QED) is 0.889. The van der Waals surface area contributed by atoms with Crippen LogP contribution in [0, 0.1) is 0 Å². The molecule has 1 aliphatic carbocycles. The maximum absolute atomic E-state index is 11.1. The summed E-state index contributed by atoms with van der Waals surface area (Å²) < 4.78 is 1.65. The standard InChI is InChI=1S/C15H18N4O2/c16-8-13-14(15(20)21)17-18-19(13)9-11-6-3-5-10-4-1-2-7-12(10)11/h1-2,4,7,11H,3,5-6,8-9,16H2,(H,20,21). The van der Waals surface area contributed by atoms with Crippen molar-refractivity contribution in [3.8, 4) is 0 Å². The molecule has 1 atom stereocenters. The number of carboxylic acid groups (broad SMARTS) is 1. The average molecular weight is 286 g/mol. The summed E-state index contributed by atoms with van der Waals surface area (Å²) in [6, 6.07) is 8.42. The van der Waals surface area contributed by atoms with E-state index in [0.717, 1.165) is 19.3 Å². The number of rotatable bonds is 4. The molecule has 2 aromatic rings. The van der Waals surface area contributed by atoms with Gasteiger partial charge in [0.1, 0.15) is 0 Å². The maximum atomic E-state index is 11.1. The molecule has 3 rings (SSSR count). The van der Waals surface area contributed by atoms with Gasteiger partial charge in [-0.15, -0.1) is 5.10 Å². The Labute approximate surface area is 122 Å². The van der Waals surface area contributed by atoms with Crippen molar-refractivity contribution in [3.05, 3.63) is 46.8 Å². The Bertz CT molecular complexity index is 665. The lowest BCUT2D eigenvalue weighted by molar-refractivity contribution is 0.0689. The summed E-state index contributed by atoms with van der Waals surface area (Å²) in [5, 5.41) is 16.8. The average Bonchev–Trinajstić information content (AvgIpc) is 2.90. The SMILES string of the molecule is NCc1c(C(=O)O)nnn1CC1CCCc2ccccc21. The molecule has 1 unspecified atom stereocenters. The zero-order valence-corrected chi connectivity index (χ0v) is 11.7. The number of carbonyl (C=O) groups is 1. The fraction of sp³-hybridized carbons (Fsp3) is 0.400. The van der Waals surface area contributed by atoms with Gasteiger partial charge in [-0.05, 0) is 30.4 Å². The number of hydrogen-bond donors (Lipinski definition) is 2. The van der Waals surface area contributed by atoms with Crippen LogP contribution >= 0.6 is 0 Å². The second-order valence-electron chi connectivity index (χ2n) is 5.36. The highest BCUT2D eigenvalue weighted by molar-refractivity contribution is 5.86. The van der Waals surface area contributed by atoms with Crippen molar-refractivity contribution in [2.45, 2.75) is 38.3 Å². The first-order valence-electron chi connectivity index (χ1n) is 7.14. The molecule has 0 amide bonds. The summed E-state index contributed by atoms with van der Waals surface area (Å²) in [6.45, 7) is 0.757. The Morgan fingerprint density at radius 3 is 3.00 bits per heavy atom.